The van der Waals surface area contributed by atoms with Crippen LogP contribution in [-0.4, -0.2) is 37.7 Å². The van der Waals surface area contributed by atoms with E-state index in [1.165, 1.54) is 29.2 Å². The van der Waals surface area contributed by atoms with E-state index in [4.69, 9.17) is 0 Å². The number of aromatic hydroxyl groups is 4. The summed E-state index contributed by atoms with van der Waals surface area (Å²) in [5.74, 6) is -1.14. The number of benzene rings is 2. The van der Waals surface area contributed by atoms with E-state index >= 15 is 0 Å². The molecule has 0 aromatic heterocycles. The molecule has 0 spiro atoms. The molecule has 1 aliphatic heterocycles. The molecule has 7 heteroatoms. The second kappa shape index (κ2) is 6.09. The molecule has 1 heterocycles. The minimum Gasteiger partial charge on any atom is -0.504 e. The molecule has 1 aliphatic rings. The van der Waals surface area contributed by atoms with E-state index in [0.717, 1.165) is 0 Å². The first kappa shape index (κ1) is 16.2. The fourth-order valence-corrected chi connectivity index (χ4v) is 2.63. The molecule has 2 aromatic carbocycles. The SMILES string of the molecule is CC1N=CC(c2ccc(O)c(O)c2)=C(c2ccc(O)c(O)c2)N1C#N. The van der Waals surface area contributed by atoms with Crippen LogP contribution in [0.3, 0.4) is 0 Å². The molecule has 7 nitrogen and oxygen atoms in total. The van der Waals surface area contributed by atoms with Crippen LogP contribution in [0.4, 0.5) is 0 Å². The van der Waals surface area contributed by atoms with Gasteiger partial charge in [-0.25, -0.2) is 0 Å². The Kier molecular flexibility index (Phi) is 3.95. The fraction of sp³-hybridized carbons (Fsp3) is 0.111. The number of nitriles is 1. The summed E-state index contributed by atoms with van der Waals surface area (Å²) >= 11 is 0. The van der Waals surface area contributed by atoms with Gasteiger partial charge in [-0.2, -0.15) is 5.26 Å². The lowest BCUT2D eigenvalue weighted by molar-refractivity contribution is 0.402. The molecule has 0 amide bonds. The van der Waals surface area contributed by atoms with Crippen molar-refractivity contribution in [3.8, 4) is 29.2 Å². The van der Waals surface area contributed by atoms with E-state index in [0.29, 0.717) is 22.4 Å². The van der Waals surface area contributed by atoms with Crippen LogP contribution in [0, 0.1) is 11.5 Å². The van der Waals surface area contributed by atoms with E-state index in [2.05, 4.69) is 11.2 Å². The highest BCUT2D eigenvalue weighted by atomic mass is 16.3. The molecule has 3 rings (SSSR count). The first-order chi connectivity index (χ1) is 11.9. The Morgan fingerprint density at radius 2 is 1.48 bits per heavy atom. The van der Waals surface area contributed by atoms with Gasteiger partial charge >= 0.3 is 0 Å². The fourth-order valence-electron chi connectivity index (χ4n) is 2.63. The van der Waals surface area contributed by atoms with Crippen LogP contribution in [0.5, 0.6) is 23.0 Å². The molecular formula is C18H15N3O4. The second-order valence-corrected chi connectivity index (χ2v) is 5.55. The van der Waals surface area contributed by atoms with Gasteiger partial charge in [-0.1, -0.05) is 6.07 Å². The number of hydrogen-bond acceptors (Lipinski definition) is 7. The van der Waals surface area contributed by atoms with Crippen LogP contribution < -0.4 is 0 Å². The van der Waals surface area contributed by atoms with Crippen LogP contribution in [-0.2, 0) is 0 Å². The first-order valence-electron chi connectivity index (χ1n) is 7.43. The van der Waals surface area contributed by atoms with E-state index in [9.17, 15) is 25.7 Å². The summed E-state index contributed by atoms with van der Waals surface area (Å²) in [6.45, 7) is 1.74. The molecule has 0 aliphatic carbocycles. The summed E-state index contributed by atoms with van der Waals surface area (Å²) in [6, 6.07) is 8.54. The summed E-state index contributed by atoms with van der Waals surface area (Å²) in [4.78, 5) is 5.64. The van der Waals surface area contributed by atoms with Crippen LogP contribution >= 0.6 is 0 Å². The number of allylic oxidation sites excluding steroid dienone is 1. The zero-order valence-corrected chi connectivity index (χ0v) is 13.2. The van der Waals surface area contributed by atoms with Crippen molar-refractivity contribution in [1.29, 1.82) is 5.26 Å². The van der Waals surface area contributed by atoms with E-state index < -0.39 is 6.17 Å². The molecule has 0 fully saturated rings. The highest BCUT2D eigenvalue weighted by Crippen LogP contribution is 2.38. The maximum Gasteiger partial charge on any atom is 0.186 e. The number of nitrogens with zero attached hydrogens (tertiary/aromatic N) is 3. The number of phenols is 4. The molecule has 126 valence electrons. The standard InChI is InChI=1S/C18H15N3O4/c1-10-20-8-13(11-2-4-14(22)16(24)6-11)18(21(10)9-19)12-3-5-15(23)17(25)7-12/h2-8,10,22-25H,1H3. The normalized spacial score (nSPS) is 16.8. The van der Waals surface area contributed by atoms with Gasteiger partial charge in [0.2, 0.25) is 0 Å². The summed E-state index contributed by atoms with van der Waals surface area (Å²) in [5.41, 5.74) is 2.02. The van der Waals surface area contributed by atoms with Crippen molar-refractivity contribution in [3.05, 3.63) is 47.5 Å². The summed E-state index contributed by atoms with van der Waals surface area (Å²) in [6.07, 6.45) is 3.19. The van der Waals surface area contributed by atoms with Crippen molar-refractivity contribution >= 4 is 17.5 Å². The van der Waals surface area contributed by atoms with Crippen LogP contribution in [0.2, 0.25) is 0 Å². The lowest BCUT2D eigenvalue weighted by atomic mass is 9.97. The van der Waals surface area contributed by atoms with Crippen LogP contribution in [0.15, 0.2) is 41.4 Å². The molecular weight excluding hydrogens is 322 g/mol. The Labute approximate surface area is 143 Å². The Hall–Kier alpha value is -3.66. The van der Waals surface area contributed by atoms with Crippen LogP contribution in [0.1, 0.15) is 18.1 Å². The molecule has 0 radical (unpaired) electrons. The van der Waals surface area contributed by atoms with E-state index in [1.807, 2.05) is 0 Å². The third kappa shape index (κ3) is 2.81. The zero-order valence-electron chi connectivity index (χ0n) is 13.2. The van der Waals surface area contributed by atoms with Crippen molar-refractivity contribution in [2.75, 3.05) is 0 Å². The molecule has 4 N–H and O–H groups in total. The van der Waals surface area contributed by atoms with Crippen molar-refractivity contribution in [1.82, 2.24) is 4.90 Å². The van der Waals surface area contributed by atoms with Gasteiger partial charge < -0.3 is 20.4 Å². The molecule has 25 heavy (non-hydrogen) atoms. The topological polar surface area (TPSA) is 120 Å². The monoisotopic (exact) mass is 337 g/mol. The number of rotatable bonds is 2. The second-order valence-electron chi connectivity index (χ2n) is 5.55. The lowest BCUT2D eigenvalue weighted by Gasteiger charge is -2.29. The van der Waals surface area contributed by atoms with Gasteiger partial charge in [0.1, 0.15) is 6.17 Å². The van der Waals surface area contributed by atoms with Gasteiger partial charge in [-0.05, 0) is 42.8 Å². The van der Waals surface area contributed by atoms with Crippen molar-refractivity contribution in [3.63, 3.8) is 0 Å². The third-order valence-corrected chi connectivity index (χ3v) is 3.93. The first-order valence-corrected chi connectivity index (χ1v) is 7.43. The Bertz CT molecular complexity index is 944. The van der Waals surface area contributed by atoms with Crippen molar-refractivity contribution in [2.24, 2.45) is 4.99 Å². The molecule has 0 saturated heterocycles. The molecule has 0 saturated carbocycles. The predicted molar refractivity (Wildman–Crippen MR) is 91.8 cm³/mol. The Balaban J connectivity index is 2.27. The summed E-state index contributed by atoms with van der Waals surface area (Å²) in [5, 5.41) is 48.2. The van der Waals surface area contributed by atoms with Gasteiger partial charge in [0, 0.05) is 17.4 Å². The minimum absolute atomic E-state index is 0.258. The molecule has 1 atom stereocenters. The zero-order chi connectivity index (χ0) is 18.1. The van der Waals surface area contributed by atoms with Gasteiger partial charge in [-0.3, -0.25) is 9.89 Å². The molecule has 2 aromatic rings. The Morgan fingerprint density at radius 3 is 2.04 bits per heavy atom. The number of hydrogen-bond donors (Lipinski definition) is 4. The van der Waals surface area contributed by atoms with Gasteiger partial charge in [0.05, 0.1) is 5.70 Å². The van der Waals surface area contributed by atoms with E-state index in [-0.39, 0.29) is 23.0 Å². The number of phenolic OH excluding ortho intramolecular Hbond substituents is 4. The van der Waals surface area contributed by atoms with Crippen molar-refractivity contribution in [2.45, 2.75) is 13.1 Å². The van der Waals surface area contributed by atoms with Gasteiger partial charge in [0.15, 0.2) is 29.2 Å². The predicted octanol–water partition coefficient (Wildman–Crippen LogP) is 2.59. The van der Waals surface area contributed by atoms with Gasteiger partial charge in [-0.15, -0.1) is 0 Å². The molecule has 0 bridgehead atoms. The van der Waals surface area contributed by atoms with Crippen LogP contribution in [0.25, 0.3) is 11.3 Å². The van der Waals surface area contributed by atoms with E-state index in [1.54, 1.807) is 25.3 Å². The number of aliphatic imine (C=N–C) groups is 1. The minimum atomic E-state index is -0.453. The quantitative estimate of drug-likeness (QED) is 0.494. The maximum absolute atomic E-state index is 9.81. The average Bonchev–Trinajstić information content (AvgIpc) is 2.59. The summed E-state index contributed by atoms with van der Waals surface area (Å²) < 4.78 is 0. The Morgan fingerprint density at radius 1 is 0.920 bits per heavy atom. The smallest absolute Gasteiger partial charge is 0.186 e. The van der Waals surface area contributed by atoms with Gasteiger partial charge in [0.25, 0.3) is 0 Å². The highest BCUT2D eigenvalue weighted by Gasteiger charge is 2.26. The lowest BCUT2D eigenvalue weighted by Crippen LogP contribution is -2.29. The third-order valence-electron chi connectivity index (χ3n) is 3.93. The largest absolute Gasteiger partial charge is 0.504 e. The average molecular weight is 337 g/mol. The highest BCUT2D eigenvalue weighted by molar-refractivity contribution is 6.20. The molecule has 1 unspecified atom stereocenters. The van der Waals surface area contributed by atoms with Crippen molar-refractivity contribution < 1.29 is 20.4 Å². The summed E-state index contributed by atoms with van der Waals surface area (Å²) in [7, 11) is 0. The maximum atomic E-state index is 9.81.